The van der Waals surface area contributed by atoms with Crippen LogP contribution in [0.4, 0.5) is 5.69 Å². The summed E-state index contributed by atoms with van der Waals surface area (Å²) >= 11 is 0. The first-order valence-electron chi connectivity index (χ1n) is 6.67. The number of benzene rings is 1. The number of carbonyl (C=O) groups is 2. The first-order valence-corrected chi connectivity index (χ1v) is 6.67. The molecule has 0 radical (unpaired) electrons. The third kappa shape index (κ3) is 3.81. The number of anilines is 1. The number of amides is 1. The summed E-state index contributed by atoms with van der Waals surface area (Å²) in [6, 6.07) is 6.81. The predicted octanol–water partition coefficient (Wildman–Crippen LogP) is 2.99. The van der Waals surface area contributed by atoms with Crippen LogP contribution < -0.4 is 5.32 Å². The Bertz CT molecular complexity index is 464. The molecule has 0 spiro atoms. The van der Waals surface area contributed by atoms with Gasteiger partial charge in [0.05, 0.1) is 12.7 Å². The third-order valence-corrected chi connectivity index (χ3v) is 3.52. The summed E-state index contributed by atoms with van der Waals surface area (Å²) < 4.78 is 4.65. The Morgan fingerprint density at radius 2 is 2.05 bits per heavy atom. The molecule has 1 saturated carbocycles. The molecule has 1 aliphatic rings. The largest absolute Gasteiger partial charge is 0.465 e. The van der Waals surface area contributed by atoms with Crippen LogP contribution in [-0.4, -0.2) is 19.0 Å². The van der Waals surface area contributed by atoms with Crippen LogP contribution >= 0.6 is 0 Å². The minimum Gasteiger partial charge on any atom is -0.465 e. The van der Waals surface area contributed by atoms with Gasteiger partial charge in [0.1, 0.15) is 0 Å². The predicted molar refractivity (Wildman–Crippen MR) is 73.0 cm³/mol. The van der Waals surface area contributed by atoms with Crippen molar-refractivity contribution >= 4 is 17.6 Å². The molecule has 0 aromatic heterocycles. The van der Waals surface area contributed by atoms with Gasteiger partial charge in [0.25, 0.3) is 0 Å². The zero-order chi connectivity index (χ0) is 13.7. The lowest BCUT2D eigenvalue weighted by atomic mass is 10.0. The second-order valence-electron chi connectivity index (χ2n) is 4.98. The quantitative estimate of drug-likeness (QED) is 0.848. The minimum absolute atomic E-state index is 0.0221. The van der Waals surface area contributed by atoms with E-state index in [4.69, 9.17) is 0 Å². The molecule has 1 amide bonds. The van der Waals surface area contributed by atoms with E-state index in [2.05, 4.69) is 10.1 Å². The van der Waals surface area contributed by atoms with E-state index in [9.17, 15) is 9.59 Å². The lowest BCUT2D eigenvalue weighted by Gasteiger charge is -2.10. The van der Waals surface area contributed by atoms with Crippen LogP contribution in [0.5, 0.6) is 0 Å². The van der Waals surface area contributed by atoms with E-state index < -0.39 is 5.97 Å². The molecule has 4 nitrogen and oxygen atoms in total. The molecule has 0 atom stereocenters. The number of methoxy groups -OCH3 is 1. The Labute approximate surface area is 113 Å². The first kappa shape index (κ1) is 13.6. The summed E-state index contributed by atoms with van der Waals surface area (Å²) in [7, 11) is 1.34. The Balaban J connectivity index is 1.94. The van der Waals surface area contributed by atoms with Gasteiger partial charge in [0, 0.05) is 12.1 Å². The van der Waals surface area contributed by atoms with E-state index in [-0.39, 0.29) is 5.91 Å². The van der Waals surface area contributed by atoms with Crippen molar-refractivity contribution < 1.29 is 14.3 Å². The Kier molecular flexibility index (Phi) is 4.55. The first-order chi connectivity index (χ1) is 9.19. The highest BCUT2D eigenvalue weighted by atomic mass is 16.5. The molecule has 1 aliphatic carbocycles. The van der Waals surface area contributed by atoms with Gasteiger partial charge in [0.2, 0.25) is 5.91 Å². The number of esters is 1. The minimum atomic E-state index is -0.396. The zero-order valence-corrected chi connectivity index (χ0v) is 11.1. The molecule has 1 aromatic carbocycles. The van der Waals surface area contributed by atoms with Gasteiger partial charge in [0.15, 0.2) is 0 Å². The van der Waals surface area contributed by atoms with Crippen LogP contribution in [0.25, 0.3) is 0 Å². The van der Waals surface area contributed by atoms with E-state index in [0.717, 1.165) is 12.8 Å². The molecule has 0 heterocycles. The Morgan fingerprint density at radius 3 is 2.74 bits per heavy atom. The van der Waals surface area contributed by atoms with Crippen molar-refractivity contribution in [3.8, 4) is 0 Å². The fraction of sp³-hybridized carbons (Fsp3) is 0.467. The van der Waals surface area contributed by atoms with Gasteiger partial charge < -0.3 is 10.1 Å². The van der Waals surface area contributed by atoms with Crippen LogP contribution in [0.3, 0.4) is 0 Å². The van der Waals surface area contributed by atoms with Crippen LogP contribution in [0.1, 0.15) is 42.5 Å². The molecule has 102 valence electrons. The molecule has 0 unspecified atom stereocenters. The fourth-order valence-corrected chi connectivity index (χ4v) is 2.53. The summed E-state index contributed by atoms with van der Waals surface area (Å²) in [6.45, 7) is 0. The molecular weight excluding hydrogens is 242 g/mol. The number of rotatable bonds is 4. The highest BCUT2D eigenvalue weighted by molar-refractivity contribution is 5.94. The molecular formula is C15H19NO3. The summed E-state index contributed by atoms with van der Waals surface area (Å²) in [6.07, 6.45) is 5.33. The summed E-state index contributed by atoms with van der Waals surface area (Å²) in [5, 5.41) is 2.84. The second kappa shape index (κ2) is 6.36. The van der Waals surface area contributed by atoms with Gasteiger partial charge in [-0.2, -0.15) is 0 Å². The maximum Gasteiger partial charge on any atom is 0.337 e. The highest BCUT2D eigenvalue weighted by Crippen LogP contribution is 2.27. The number of nitrogens with one attached hydrogen (secondary N) is 1. The highest BCUT2D eigenvalue weighted by Gasteiger charge is 2.18. The summed E-state index contributed by atoms with van der Waals surface area (Å²) in [5.41, 5.74) is 1.09. The maximum absolute atomic E-state index is 11.9. The van der Waals surface area contributed by atoms with E-state index in [1.54, 1.807) is 24.3 Å². The SMILES string of the molecule is COC(=O)c1cccc(NC(=O)CC2CCCC2)c1. The normalized spacial score (nSPS) is 15.2. The van der Waals surface area contributed by atoms with Gasteiger partial charge in [-0.1, -0.05) is 18.9 Å². The standard InChI is InChI=1S/C15H19NO3/c1-19-15(18)12-7-4-8-13(10-12)16-14(17)9-11-5-2-3-6-11/h4,7-8,10-11H,2-3,5-6,9H2,1H3,(H,16,17). The fourth-order valence-electron chi connectivity index (χ4n) is 2.53. The van der Waals surface area contributed by atoms with Crippen LogP contribution in [0, 0.1) is 5.92 Å². The molecule has 0 bridgehead atoms. The van der Waals surface area contributed by atoms with Gasteiger partial charge in [-0.25, -0.2) is 4.79 Å². The van der Waals surface area contributed by atoms with E-state index in [1.807, 2.05) is 0 Å². The lowest BCUT2D eigenvalue weighted by molar-refractivity contribution is -0.117. The van der Waals surface area contributed by atoms with Crippen molar-refractivity contribution in [1.82, 2.24) is 0 Å². The summed E-state index contributed by atoms with van der Waals surface area (Å²) in [4.78, 5) is 23.3. The molecule has 0 saturated heterocycles. The van der Waals surface area contributed by atoms with E-state index in [0.29, 0.717) is 23.6 Å². The molecule has 0 aliphatic heterocycles. The topological polar surface area (TPSA) is 55.4 Å². The van der Waals surface area contributed by atoms with Crippen molar-refractivity contribution in [3.05, 3.63) is 29.8 Å². The maximum atomic E-state index is 11.9. The van der Waals surface area contributed by atoms with Crippen LogP contribution in [-0.2, 0) is 9.53 Å². The van der Waals surface area contributed by atoms with Crippen molar-refractivity contribution in [2.24, 2.45) is 5.92 Å². The number of hydrogen-bond acceptors (Lipinski definition) is 3. The van der Waals surface area contributed by atoms with Gasteiger partial charge in [-0.3, -0.25) is 4.79 Å². The van der Waals surface area contributed by atoms with Gasteiger partial charge >= 0.3 is 5.97 Å². The molecule has 4 heteroatoms. The molecule has 2 rings (SSSR count). The van der Waals surface area contributed by atoms with Gasteiger partial charge in [-0.05, 0) is 37.0 Å². The average Bonchev–Trinajstić information content (AvgIpc) is 2.90. The number of carbonyl (C=O) groups excluding carboxylic acids is 2. The second-order valence-corrected chi connectivity index (χ2v) is 4.98. The van der Waals surface area contributed by atoms with Crippen molar-refractivity contribution in [2.45, 2.75) is 32.1 Å². The van der Waals surface area contributed by atoms with Crippen molar-refractivity contribution in [2.75, 3.05) is 12.4 Å². The van der Waals surface area contributed by atoms with E-state index >= 15 is 0 Å². The average molecular weight is 261 g/mol. The van der Waals surface area contributed by atoms with Crippen LogP contribution in [0.2, 0.25) is 0 Å². The molecule has 19 heavy (non-hydrogen) atoms. The summed E-state index contributed by atoms with van der Waals surface area (Å²) in [5.74, 6) is 0.143. The molecule has 1 aromatic rings. The van der Waals surface area contributed by atoms with Crippen molar-refractivity contribution in [1.29, 1.82) is 0 Å². The molecule has 1 fully saturated rings. The number of hydrogen-bond donors (Lipinski definition) is 1. The third-order valence-electron chi connectivity index (χ3n) is 3.52. The van der Waals surface area contributed by atoms with Crippen LogP contribution in [0.15, 0.2) is 24.3 Å². The Morgan fingerprint density at radius 1 is 1.32 bits per heavy atom. The lowest BCUT2D eigenvalue weighted by Crippen LogP contribution is -2.15. The Hall–Kier alpha value is -1.84. The monoisotopic (exact) mass is 261 g/mol. The number of ether oxygens (including phenoxy) is 1. The van der Waals surface area contributed by atoms with Gasteiger partial charge in [-0.15, -0.1) is 0 Å². The smallest absolute Gasteiger partial charge is 0.337 e. The zero-order valence-electron chi connectivity index (χ0n) is 11.1. The van der Waals surface area contributed by atoms with Crippen molar-refractivity contribution in [3.63, 3.8) is 0 Å². The molecule has 1 N–H and O–H groups in total. The van der Waals surface area contributed by atoms with E-state index in [1.165, 1.54) is 20.0 Å².